The predicted molar refractivity (Wildman–Crippen MR) is 33.9 cm³/mol. The van der Waals surface area contributed by atoms with Gasteiger partial charge in [-0.2, -0.15) is 0 Å². The van der Waals surface area contributed by atoms with Crippen LogP contribution in [-0.4, -0.2) is 23.9 Å². The van der Waals surface area contributed by atoms with Crippen LogP contribution in [0.4, 0.5) is 0 Å². The smallest absolute Gasteiger partial charge is 0.209 e. The highest BCUT2D eigenvalue weighted by Gasteiger charge is 2.36. The number of nitrogens with zero attached hydrogens (tertiary/aromatic N) is 1. The number of likely N-dealkylation sites (tertiary alicyclic amines) is 1. The normalized spacial score (nSPS) is 39.8. The molecule has 0 aromatic carbocycles. The zero-order chi connectivity index (χ0) is 6.27. The van der Waals surface area contributed by atoms with E-state index in [-0.39, 0.29) is 0 Å². The first-order valence-electron chi connectivity index (χ1n) is 3.61. The summed E-state index contributed by atoms with van der Waals surface area (Å²) < 4.78 is 0. The van der Waals surface area contributed by atoms with Crippen molar-refractivity contribution < 1.29 is 4.79 Å². The molecular formula is C7H11NO. The van der Waals surface area contributed by atoms with E-state index in [2.05, 4.69) is 0 Å². The van der Waals surface area contributed by atoms with Gasteiger partial charge in [0.25, 0.3) is 0 Å². The van der Waals surface area contributed by atoms with E-state index in [1.165, 1.54) is 19.3 Å². The Morgan fingerprint density at radius 2 is 2.33 bits per heavy atom. The number of carbonyl (C=O) groups is 1. The highest BCUT2D eigenvalue weighted by molar-refractivity contribution is 5.49. The minimum Gasteiger partial charge on any atom is -0.342 e. The summed E-state index contributed by atoms with van der Waals surface area (Å²) >= 11 is 0. The molecular weight excluding hydrogens is 114 g/mol. The molecule has 0 aromatic rings. The summed E-state index contributed by atoms with van der Waals surface area (Å²) in [6, 6.07) is 0.618. The fraction of sp³-hybridized carbons (Fsp3) is 0.857. The summed E-state index contributed by atoms with van der Waals surface area (Å²) in [4.78, 5) is 12.3. The van der Waals surface area contributed by atoms with Gasteiger partial charge in [0.05, 0.1) is 0 Å². The predicted octanol–water partition coefficient (Wildman–Crippen LogP) is 0.627. The first kappa shape index (κ1) is 5.27. The molecule has 2 unspecified atom stereocenters. The molecule has 0 spiro atoms. The van der Waals surface area contributed by atoms with Crippen molar-refractivity contribution in [2.45, 2.75) is 25.3 Å². The van der Waals surface area contributed by atoms with Gasteiger partial charge in [0.15, 0.2) is 0 Å². The first-order chi connectivity index (χ1) is 4.40. The molecule has 1 saturated carbocycles. The molecule has 50 valence electrons. The van der Waals surface area contributed by atoms with Crippen molar-refractivity contribution in [3.63, 3.8) is 0 Å². The van der Waals surface area contributed by atoms with E-state index >= 15 is 0 Å². The molecule has 2 heteroatoms. The maximum absolute atomic E-state index is 10.3. The molecule has 0 aromatic heterocycles. The van der Waals surface area contributed by atoms with Crippen molar-refractivity contribution in [3.8, 4) is 0 Å². The molecule has 1 heterocycles. The topological polar surface area (TPSA) is 20.3 Å². The maximum Gasteiger partial charge on any atom is 0.209 e. The van der Waals surface area contributed by atoms with Crippen molar-refractivity contribution in [3.05, 3.63) is 0 Å². The third-order valence-corrected chi connectivity index (χ3v) is 2.59. The van der Waals surface area contributed by atoms with Gasteiger partial charge in [-0.05, 0) is 25.2 Å². The van der Waals surface area contributed by atoms with Crippen LogP contribution in [0.3, 0.4) is 0 Å². The first-order valence-corrected chi connectivity index (χ1v) is 3.61. The Balaban J connectivity index is 2.09. The summed E-state index contributed by atoms with van der Waals surface area (Å²) in [5.74, 6) is 0.847. The second kappa shape index (κ2) is 1.72. The average molecular weight is 125 g/mol. The minimum absolute atomic E-state index is 0.618. The number of rotatable bonds is 1. The van der Waals surface area contributed by atoms with E-state index in [1.54, 1.807) is 0 Å². The fourth-order valence-electron chi connectivity index (χ4n) is 2.09. The molecule has 1 aliphatic carbocycles. The number of fused-ring (bicyclic) bond motifs is 2. The summed E-state index contributed by atoms with van der Waals surface area (Å²) in [6.07, 6.45) is 4.89. The van der Waals surface area contributed by atoms with Gasteiger partial charge >= 0.3 is 0 Å². The number of hydrogen-bond donors (Lipinski definition) is 0. The van der Waals surface area contributed by atoms with Crippen molar-refractivity contribution in [2.75, 3.05) is 6.54 Å². The van der Waals surface area contributed by atoms with Gasteiger partial charge < -0.3 is 4.90 Å². The van der Waals surface area contributed by atoms with Crippen LogP contribution in [0.5, 0.6) is 0 Å². The van der Waals surface area contributed by atoms with Crippen LogP contribution < -0.4 is 0 Å². The van der Waals surface area contributed by atoms with Crippen molar-refractivity contribution in [2.24, 2.45) is 5.92 Å². The lowest BCUT2D eigenvalue weighted by Crippen LogP contribution is -2.30. The Hall–Kier alpha value is -0.530. The van der Waals surface area contributed by atoms with Gasteiger partial charge in [-0.3, -0.25) is 4.79 Å². The Morgan fingerprint density at radius 1 is 1.44 bits per heavy atom. The lowest BCUT2D eigenvalue weighted by molar-refractivity contribution is -0.119. The van der Waals surface area contributed by atoms with E-state index in [4.69, 9.17) is 0 Å². The molecule has 0 radical (unpaired) electrons. The van der Waals surface area contributed by atoms with Gasteiger partial charge in [0.2, 0.25) is 6.41 Å². The molecule has 2 rings (SSSR count). The average Bonchev–Trinajstić information content (AvgIpc) is 2.45. The van der Waals surface area contributed by atoms with E-state index in [9.17, 15) is 4.79 Å². The number of hydrogen-bond acceptors (Lipinski definition) is 1. The van der Waals surface area contributed by atoms with Gasteiger partial charge in [-0.1, -0.05) is 0 Å². The Morgan fingerprint density at radius 3 is 2.67 bits per heavy atom. The molecule has 2 nitrogen and oxygen atoms in total. The molecule has 1 aliphatic heterocycles. The van der Waals surface area contributed by atoms with Gasteiger partial charge in [-0.15, -0.1) is 0 Å². The zero-order valence-corrected chi connectivity index (χ0v) is 5.42. The Labute approximate surface area is 54.8 Å². The van der Waals surface area contributed by atoms with Gasteiger partial charge in [0, 0.05) is 12.6 Å². The maximum atomic E-state index is 10.3. The molecule has 2 fully saturated rings. The Bertz CT molecular complexity index is 135. The summed E-state index contributed by atoms with van der Waals surface area (Å²) in [6.45, 7) is 1.04. The quantitative estimate of drug-likeness (QED) is 0.471. The van der Waals surface area contributed by atoms with Gasteiger partial charge in [0.1, 0.15) is 0 Å². The molecule has 9 heavy (non-hydrogen) atoms. The minimum atomic E-state index is 0.618. The van der Waals surface area contributed by atoms with E-state index in [1.807, 2.05) is 4.90 Å². The van der Waals surface area contributed by atoms with Crippen LogP contribution in [0.25, 0.3) is 0 Å². The molecule has 1 amide bonds. The highest BCUT2D eigenvalue weighted by atomic mass is 16.1. The van der Waals surface area contributed by atoms with E-state index in [0.29, 0.717) is 6.04 Å². The van der Waals surface area contributed by atoms with Crippen molar-refractivity contribution in [1.29, 1.82) is 0 Å². The Kier molecular flexibility index (Phi) is 1.01. The molecule has 1 saturated heterocycles. The van der Waals surface area contributed by atoms with Crippen molar-refractivity contribution >= 4 is 6.41 Å². The standard InChI is InChI=1S/C7H11NO/c9-5-8-4-6-1-2-7(8)3-6/h5-7H,1-4H2. The lowest BCUT2D eigenvalue weighted by Gasteiger charge is -2.21. The zero-order valence-electron chi connectivity index (χ0n) is 5.42. The lowest BCUT2D eigenvalue weighted by atomic mass is 10.1. The number of amides is 1. The molecule has 2 atom stereocenters. The van der Waals surface area contributed by atoms with Crippen LogP contribution in [-0.2, 0) is 4.79 Å². The van der Waals surface area contributed by atoms with Gasteiger partial charge in [-0.25, -0.2) is 0 Å². The largest absolute Gasteiger partial charge is 0.342 e. The SMILES string of the molecule is O=CN1CC2CCC1C2. The van der Waals surface area contributed by atoms with Crippen LogP contribution in [0.2, 0.25) is 0 Å². The third-order valence-electron chi connectivity index (χ3n) is 2.59. The van der Waals surface area contributed by atoms with Crippen LogP contribution in [0.1, 0.15) is 19.3 Å². The van der Waals surface area contributed by atoms with E-state index in [0.717, 1.165) is 18.9 Å². The number of piperidine rings is 1. The summed E-state index contributed by atoms with van der Waals surface area (Å²) in [5, 5.41) is 0. The third kappa shape index (κ3) is 0.655. The van der Waals surface area contributed by atoms with Crippen molar-refractivity contribution in [1.82, 2.24) is 4.90 Å². The molecule has 2 aliphatic rings. The summed E-state index contributed by atoms with van der Waals surface area (Å²) in [7, 11) is 0. The highest BCUT2D eigenvalue weighted by Crippen LogP contribution is 2.35. The van der Waals surface area contributed by atoms with Crippen LogP contribution >= 0.6 is 0 Å². The second-order valence-corrected chi connectivity index (χ2v) is 3.14. The van der Waals surface area contributed by atoms with Crippen LogP contribution in [0.15, 0.2) is 0 Å². The summed E-state index contributed by atoms with van der Waals surface area (Å²) in [5.41, 5.74) is 0. The van der Waals surface area contributed by atoms with E-state index < -0.39 is 0 Å². The monoisotopic (exact) mass is 125 g/mol. The second-order valence-electron chi connectivity index (χ2n) is 3.14. The number of carbonyl (C=O) groups excluding carboxylic acids is 1. The fourth-order valence-corrected chi connectivity index (χ4v) is 2.09. The van der Waals surface area contributed by atoms with Crippen LogP contribution in [0, 0.1) is 5.92 Å². The molecule has 2 bridgehead atoms. The molecule has 0 N–H and O–H groups in total.